The lowest BCUT2D eigenvalue weighted by Crippen LogP contribution is -2.12. The first-order valence-electron chi connectivity index (χ1n) is 7.48. The summed E-state index contributed by atoms with van der Waals surface area (Å²) in [5.74, 6) is 1.39. The molecule has 0 bridgehead atoms. The molecule has 24 heavy (non-hydrogen) atoms. The van der Waals surface area contributed by atoms with Gasteiger partial charge in [-0.05, 0) is 67.6 Å². The SMILES string of the molecule is CCOc1ccc(NS(=O)(=O)c2ccc(-c3ccco3)cc2)cc1. The van der Waals surface area contributed by atoms with Gasteiger partial charge in [-0.2, -0.15) is 0 Å². The molecule has 0 aliphatic heterocycles. The number of benzene rings is 2. The van der Waals surface area contributed by atoms with Crippen molar-refractivity contribution >= 4 is 15.7 Å². The highest BCUT2D eigenvalue weighted by molar-refractivity contribution is 7.92. The highest BCUT2D eigenvalue weighted by Crippen LogP contribution is 2.23. The minimum Gasteiger partial charge on any atom is -0.494 e. The molecule has 1 N–H and O–H groups in total. The summed E-state index contributed by atoms with van der Waals surface area (Å²) >= 11 is 0. The summed E-state index contributed by atoms with van der Waals surface area (Å²) < 4.78 is 38.1. The van der Waals surface area contributed by atoms with Crippen LogP contribution in [0.1, 0.15) is 6.92 Å². The first kappa shape index (κ1) is 16.1. The minimum absolute atomic E-state index is 0.187. The van der Waals surface area contributed by atoms with Crippen LogP contribution in [0.2, 0.25) is 0 Å². The zero-order chi connectivity index (χ0) is 17.0. The van der Waals surface area contributed by atoms with Crippen LogP contribution < -0.4 is 9.46 Å². The van der Waals surface area contributed by atoms with E-state index in [1.807, 2.05) is 13.0 Å². The van der Waals surface area contributed by atoms with Crippen molar-refractivity contribution in [2.75, 3.05) is 11.3 Å². The van der Waals surface area contributed by atoms with Gasteiger partial charge < -0.3 is 9.15 Å². The molecule has 3 aromatic rings. The number of nitrogens with one attached hydrogen (secondary N) is 1. The van der Waals surface area contributed by atoms with Gasteiger partial charge in [0.25, 0.3) is 10.0 Å². The van der Waals surface area contributed by atoms with Crippen LogP contribution in [0.15, 0.2) is 76.2 Å². The van der Waals surface area contributed by atoms with Crippen LogP contribution in [0, 0.1) is 0 Å². The Labute approximate surface area is 140 Å². The third-order valence-corrected chi connectivity index (χ3v) is 4.79. The van der Waals surface area contributed by atoms with Crippen LogP contribution in [-0.4, -0.2) is 15.0 Å². The molecule has 0 fully saturated rings. The predicted molar refractivity (Wildman–Crippen MR) is 92.6 cm³/mol. The van der Waals surface area contributed by atoms with Crippen LogP contribution in [0.4, 0.5) is 5.69 Å². The summed E-state index contributed by atoms with van der Waals surface area (Å²) in [4.78, 5) is 0.187. The molecule has 0 amide bonds. The maximum atomic E-state index is 12.4. The molecular weight excluding hydrogens is 326 g/mol. The van der Waals surface area contributed by atoms with Gasteiger partial charge in [-0.25, -0.2) is 8.42 Å². The van der Waals surface area contributed by atoms with E-state index >= 15 is 0 Å². The van der Waals surface area contributed by atoms with Gasteiger partial charge >= 0.3 is 0 Å². The molecule has 0 saturated carbocycles. The quantitative estimate of drug-likeness (QED) is 0.730. The normalized spacial score (nSPS) is 11.2. The van der Waals surface area contributed by atoms with Gasteiger partial charge in [0.2, 0.25) is 0 Å². The number of sulfonamides is 1. The lowest BCUT2D eigenvalue weighted by molar-refractivity contribution is 0.340. The third kappa shape index (κ3) is 3.60. The van der Waals surface area contributed by atoms with E-state index in [1.165, 1.54) is 0 Å². The van der Waals surface area contributed by atoms with E-state index in [9.17, 15) is 8.42 Å². The van der Waals surface area contributed by atoms with Gasteiger partial charge in [0.1, 0.15) is 11.5 Å². The van der Waals surface area contributed by atoms with Gasteiger partial charge in [-0.15, -0.1) is 0 Å². The summed E-state index contributed by atoms with van der Waals surface area (Å²) in [6.45, 7) is 2.45. The maximum Gasteiger partial charge on any atom is 0.261 e. The van der Waals surface area contributed by atoms with Crippen molar-refractivity contribution in [3.63, 3.8) is 0 Å². The molecule has 0 atom stereocenters. The molecule has 0 aliphatic rings. The number of hydrogen-bond donors (Lipinski definition) is 1. The van der Waals surface area contributed by atoms with Crippen LogP contribution in [0.3, 0.4) is 0 Å². The van der Waals surface area contributed by atoms with Crippen LogP contribution >= 0.6 is 0 Å². The summed E-state index contributed by atoms with van der Waals surface area (Å²) in [7, 11) is -3.65. The Morgan fingerprint density at radius 2 is 1.71 bits per heavy atom. The largest absolute Gasteiger partial charge is 0.494 e. The van der Waals surface area contributed by atoms with Gasteiger partial charge in [-0.1, -0.05) is 0 Å². The number of ether oxygens (including phenoxy) is 1. The van der Waals surface area contributed by atoms with Crippen molar-refractivity contribution in [2.24, 2.45) is 0 Å². The number of hydrogen-bond acceptors (Lipinski definition) is 4. The molecule has 5 nitrogen and oxygen atoms in total. The highest BCUT2D eigenvalue weighted by atomic mass is 32.2. The van der Waals surface area contributed by atoms with E-state index in [-0.39, 0.29) is 4.90 Å². The van der Waals surface area contributed by atoms with E-state index < -0.39 is 10.0 Å². The van der Waals surface area contributed by atoms with Gasteiger partial charge in [0.15, 0.2) is 0 Å². The first-order valence-corrected chi connectivity index (χ1v) is 8.96. The fraction of sp³-hybridized carbons (Fsp3) is 0.111. The smallest absolute Gasteiger partial charge is 0.261 e. The molecule has 1 aromatic heterocycles. The van der Waals surface area contributed by atoms with Crippen molar-refractivity contribution in [3.05, 3.63) is 66.9 Å². The van der Waals surface area contributed by atoms with Gasteiger partial charge in [0.05, 0.1) is 17.8 Å². The second-order valence-electron chi connectivity index (χ2n) is 5.06. The average molecular weight is 343 g/mol. The van der Waals surface area contributed by atoms with Crippen molar-refractivity contribution in [1.82, 2.24) is 0 Å². The molecule has 6 heteroatoms. The van der Waals surface area contributed by atoms with E-state index in [0.717, 1.165) is 5.56 Å². The zero-order valence-electron chi connectivity index (χ0n) is 13.1. The Kier molecular flexibility index (Phi) is 4.57. The maximum absolute atomic E-state index is 12.4. The van der Waals surface area contributed by atoms with Crippen molar-refractivity contribution in [2.45, 2.75) is 11.8 Å². The first-order chi connectivity index (χ1) is 11.6. The molecule has 124 valence electrons. The third-order valence-electron chi connectivity index (χ3n) is 3.39. The molecule has 0 saturated heterocycles. The topological polar surface area (TPSA) is 68.5 Å². The van der Waals surface area contributed by atoms with Gasteiger partial charge in [-0.3, -0.25) is 4.72 Å². The Balaban J connectivity index is 1.77. The molecule has 3 rings (SSSR count). The van der Waals surface area contributed by atoms with Crippen LogP contribution in [0.5, 0.6) is 5.75 Å². The number of rotatable bonds is 6. The second kappa shape index (κ2) is 6.80. The van der Waals surface area contributed by atoms with Crippen molar-refractivity contribution in [3.8, 4) is 17.1 Å². The summed E-state index contributed by atoms with van der Waals surface area (Å²) in [6.07, 6.45) is 1.58. The Hall–Kier alpha value is -2.73. The average Bonchev–Trinajstić information content (AvgIpc) is 3.11. The molecular formula is C18H17NO4S. The summed E-state index contributed by atoms with van der Waals surface area (Å²) in [5.41, 5.74) is 1.30. The van der Waals surface area contributed by atoms with Crippen molar-refractivity contribution < 1.29 is 17.6 Å². The minimum atomic E-state index is -3.65. The van der Waals surface area contributed by atoms with Crippen molar-refractivity contribution in [1.29, 1.82) is 0 Å². The fourth-order valence-electron chi connectivity index (χ4n) is 2.24. The van der Waals surface area contributed by atoms with E-state index in [4.69, 9.17) is 9.15 Å². The summed E-state index contributed by atoms with van der Waals surface area (Å²) in [6, 6.07) is 16.9. The Bertz CT molecular complexity index is 883. The molecule has 0 aliphatic carbocycles. The lowest BCUT2D eigenvalue weighted by Gasteiger charge is -2.09. The summed E-state index contributed by atoms with van der Waals surface area (Å²) in [5, 5.41) is 0. The zero-order valence-corrected chi connectivity index (χ0v) is 13.9. The fourth-order valence-corrected chi connectivity index (χ4v) is 3.30. The predicted octanol–water partition coefficient (Wildman–Crippen LogP) is 4.15. The highest BCUT2D eigenvalue weighted by Gasteiger charge is 2.14. The molecule has 0 spiro atoms. The lowest BCUT2D eigenvalue weighted by atomic mass is 10.2. The Morgan fingerprint density at radius 1 is 1.00 bits per heavy atom. The van der Waals surface area contributed by atoms with Gasteiger partial charge in [0, 0.05) is 11.3 Å². The second-order valence-corrected chi connectivity index (χ2v) is 6.75. The Morgan fingerprint density at radius 3 is 2.29 bits per heavy atom. The van der Waals surface area contributed by atoms with E-state index in [2.05, 4.69) is 4.72 Å². The number of furan rings is 1. The van der Waals surface area contributed by atoms with E-state index in [1.54, 1.807) is 60.9 Å². The number of anilines is 1. The molecule has 0 radical (unpaired) electrons. The monoisotopic (exact) mass is 343 g/mol. The standard InChI is InChI=1S/C18H17NO4S/c1-2-22-16-9-7-15(8-10-16)19-24(20,21)17-11-5-14(6-12-17)18-4-3-13-23-18/h3-13,19H,2H2,1H3. The van der Waals surface area contributed by atoms with Crippen LogP contribution in [0.25, 0.3) is 11.3 Å². The molecule has 1 heterocycles. The van der Waals surface area contributed by atoms with Crippen LogP contribution in [-0.2, 0) is 10.0 Å². The van der Waals surface area contributed by atoms with E-state index in [0.29, 0.717) is 23.8 Å². The molecule has 0 unspecified atom stereocenters. The molecule has 2 aromatic carbocycles.